The van der Waals surface area contributed by atoms with Crippen molar-refractivity contribution in [3.05, 3.63) is 42.0 Å². The summed E-state index contributed by atoms with van der Waals surface area (Å²) in [4.78, 5) is 15.4. The summed E-state index contributed by atoms with van der Waals surface area (Å²) in [6.07, 6.45) is -0.590. The molecule has 0 saturated heterocycles. The number of nitrogens with two attached hydrogens (primary N) is 2. The number of nitrogens with zero attached hydrogens (tertiary/aromatic N) is 1. The average molecular weight is 448 g/mol. The highest BCUT2D eigenvalue weighted by Gasteiger charge is 2.10. The van der Waals surface area contributed by atoms with Crippen LogP contribution in [0.1, 0.15) is 26.3 Å². The monoisotopic (exact) mass is 447 g/mol. The molecule has 1 aromatic carbocycles. The van der Waals surface area contributed by atoms with Crippen LogP contribution in [0, 0.1) is 0 Å². The van der Waals surface area contributed by atoms with Crippen LogP contribution in [0.3, 0.4) is 0 Å². The first-order valence-electron chi connectivity index (χ1n) is 8.87. The number of hydrogen-bond donors (Lipinski definition) is 4. The molecule has 0 fully saturated rings. The smallest absolute Gasteiger partial charge is 0.412 e. The van der Waals surface area contributed by atoms with Gasteiger partial charge in [0.05, 0.1) is 18.0 Å². The fourth-order valence-electron chi connectivity index (χ4n) is 2.05. The summed E-state index contributed by atoms with van der Waals surface area (Å²) in [7, 11) is 0. The number of benzene rings is 1. The van der Waals surface area contributed by atoms with Gasteiger partial charge in [-0.1, -0.05) is 30.3 Å². The lowest BCUT2D eigenvalue weighted by Crippen LogP contribution is -2.16. The number of nitrogens with one attached hydrogen (secondary N) is 2. The number of halogens is 2. The minimum absolute atomic E-state index is 0. The molecule has 2 aromatic rings. The molecule has 0 aliphatic heterocycles. The van der Waals surface area contributed by atoms with Crippen LogP contribution < -0.4 is 22.1 Å². The predicted octanol–water partition coefficient (Wildman–Crippen LogP) is 4.31. The number of carbonyl (C=O) groups excluding carboxylic acids is 1. The van der Waals surface area contributed by atoms with Gasteiger partial charge >= 0.3 is 6.09 Å². The summed E-state index contributed by atoms with van der Waals surface area (Å²) in [6, 6.07) is 11.5. The van der Waals surface area contributed by atoms with Crippen molar-refractivity contribution in [1.82, 2.24) is 4.98 Å². The lowest BCUT2D eigenvalue weighted by atomic mass is 10.2. The third-order valence-corrected chi connectivity index (χ3v) is 3.33. The lowest BCUT2D eigenvalue weighted by molar-refractivity contribution is 0.162. The van der Waals surface area contributed by atoms with Gasteiger partial charge in [-0.25, -0.2) is 9.78 Å². The second kappa shape index (κ2) is 16.5. The summed E-state index contributed by atoms with van der Waals surface area (Å²) < 4.78 is 9.64. The van der Waals surface area contributed by atoms with Crippen molar-refractivity contribution in [2.45, 2.75) is 27.3 Å². The van der Waals surface area contributed by atoms with Crippen LogP contribution in [0.15, 0.2) is 36.4 Å². The van der Waals surface area contributed by atoms with Crippen molar-refractivity contribution in [3.8, 4) is 0 Å². The normalized spacial score (nSPS) is 9.07. The number of carbonyl (C=O) groups is 1. The Hall–Kier alpha value is -2.42. The number of pyridine rings is 1. The molecule has 0 atom stereocenters. The van der Waals surface area contributed by atoms with Gasteiger partial charge < -0.3 is 26.3 Å². The first-order chi connectivity index (χ1) is 13.0. The molecule has 0 aliphatic rings. The van der Waals surface area contributed by atoms with Crippen molar-refractivity contribution >= 4 is 53.9 Å². The number of anilines is 4. The second-order valence-electron chi connectivity index (χ2n) is 5.32. The first-order valence-corrected chi connectivity index (χ1v) is 8.87. The lowest BCUT2D eigenvalue weighted by Gasteiger charge is -2.13. The Bertz CT molecular complexity index is 704. The van der Waals surface area contributed by atoms with Crippen molar-refractivity contribution in [2.24, 2.45) is 0 Å². The molecule has 10 heteroatoms. The zero-order chi connectivity index (χ0) is 20.1. The summed E-state index contributed by atoms with van der Waals surface area (Å²) in [5.41, 5.74) is 13.7. The van der Waals surface area contributed by atoms with E-state index >= 15 is 0 Å². The van der Waals surface area contributed by atoms with E-state index in [2.05, 4.69) is 15.6 Å². The number of aromatic nitrogens is 1. The van der Waals surface area contributed by atoms with Crippen molar-refractivity contribution in [3.63, 3.8) is 0 Å². The Labute approximate surface area is 184 Å². The van der Waals surface area contributed by atoms with Gasteiger partial charge in [0, 0.05) is 25.8 Å². The Morgan fingerprint density at radius 3 is 2.17 bits per heavy atom. The standard InChI is InChI=1S/C15H19N5O2.C4H10O.2ClH/c1-2-22-15(21)20-12-8-11(13(16)14(17)19-12)18-9-10-6-4-3-5-7-10;1-3-5-4-2;;/h3-8H,2,9,16H2,1H3,(H4,17,18,19,20,21);3-4H2,1-2H3;2*1H. The fourth-order valence-corrected chi connectivity index (χ4v) is 2.05. The van der Waals surface area contributed by atoms with E-state index in [0.29, 0.717) is 17.9 Å². The van der Waals surface area contributed by atoms with Crippen LogP contribution in [0.2, 0.25) is 0 Å². The van der Waals surface area contributed by atoms with Gasteiger partial charge in [0.1, 0.15) is 5.82 Å². The molecule has 164 valence electrons. The van der Waals surface area contributed by atoms with E-state index in [1.54, 1.807) is 13.0 Å². The highest BCUT2D eigenvalue weighted by molar-refractivity contribution is 5.87. The van der Waals surface area contributed by atoms with E-state index in [4.69, 9.17) is 20.9 Å². The molecule has 0 aliphatic carbocycles. The SMILES string of the molecule is CCOC(=O)Nc1cc(NCc2ccccc2)c(N)c(N)n1.CCOCC.Cl.Cl. The highest BCUT2D eigenvalue weighted by atomic mass is 35.5. The second-order valence-corrected chi connectivity index (χ2v) is 5.32. The summed E-state index contributed by atoms with van der Waals surface area (Å²) in [6.45, 7) is 8.24. The van der Waals surface area contributed by atoms with Crippen LogP contribution in [0.25, 0.3) is 0 Å². The quantitative estimate of drug-likeness (QED) is 0.497. The van der Waals surface area contributed by atoms with E-state index < -0.39 is 6.09 Å². The van der Waals surface area contributed by atoms with Crippen LogP contribution in [-0.4, -0.2) is 30.9 Å². The number of ether oxygens (including phenoxy) is 2. The predicted molar refractivity (Wildman–Crippen MR) is 124 cm³/mol. The summed E-state index contributed by atoms with van der Waals surface area (Å²) in [5.74, 6) is 0.422. The molecule has 8 nitrogen and oxygen atoms in total. The molecule has 0 bridgehead atoms. The van der Waals surface area contributed by atoms with Gasteiger partial charge in [0.15, 0.2) is 5.82 Å². The van der Waals surface area contributed by atoms with Crippen molar-refractivity contribution in [1.29, 1.82) is 0 Å². The third kappa shape index (κ3) is 11.2. The molecule has 1 amide bonds. The molecule has 0 saturated carbocycles. The van der Waals surface area contributed by atoms with Gasteiger partial charge in [-0.3, -0.25) is 5.32 Å². The Morgan fingerprint density at radius 1 is 1.03 bits per heavy atom. The molecule has 2 rings (SSSR count). The Balaban J connectivity index is 0. The zero-order valence-electron chi connectivity index (χ0n) is 16.9. The highest BCUT2D eigenvalue weighted by Crippen LogP contribution is 2.27. The van der Waals surface area contributed by atoms with E-state index in [-0.39, 0.29) is 43.1 Å². The molecule has 0 unspecified atom stereocenters. The third-order valence-electron chi connectivity index (χ3n) is 3.33. The van der Waals surface area contributed by atoms with Crippen LogP contribution >= 0.6 is 24.8 Å². The van der Waals surface area contributed by atoms with Gasteiger partial charge in [0.25, 0.3) is 0 Å². The summed E-state index contributed by atoms with van der Waals surface area (Å²) >= 11 is 0. The molecule has 29 heavy (non-hydrogen) atoms. The van der Waals surface area contributed by atoms with Gasteiger partial charge in [-0.05, 0) is 26.3 Å². The van der Waals surface area contributed by atoms with Gasteiger partial charge in [0.2, 0.25) is 0 Å². The van der Waals surface area contributed by atoms with Crippen LogP contribution in [-0.2, 0) is 16.0 Å². The van der Waals surface area contributed by atoms with E-state index in [0.717, 1.165) is 18.8 Å². The van der Waals surface area contributed by atoms with Gasteiger partial charge in [-0.2, -0.15) is 0 Å². The first kappa shape index (κ1) is 28.8. The largest absolute Gasteiger partial charge is 0.450 e. The summed E-state index contributed by atoms with van der Waals surface area (Å²) in [5, 5.41) is 5.68. The molecule has 0 radical (unpaired) electrons. The average Bonchev–Trinajstić information content (AvgIpc) is 2.65. The Kier molecular flexibility index (Phi) is 16.4. The Morgan fingerprint density at radius 2 is 1.66 bits per heavy atom. The molecule has 1 heterocycles. The van der Waals surface area contributed by atoms with E-state index in [1.807, 2.05) is 44.2 Å². The molecule has 1 aromatic heterocycles. The maximum atomic E-state index is 11.4. The fraction of sp³-hybridized carbons (Fsp3) is 0.368. The maximum absolute atomic E-state index is 11.4. The molecular formula is C19H31Cl2N5O3. The topological polar surface area (TPSA) is 125 Å². The minimum Gasteiger partial charge on any atom is -0.450 e. The minimum atomic E-state index is -0.590. The van der Waals surface area contributed by atoms with Crippen LogP contribution in [0.5, 0.6) is 0 Å². The van der Waals surface area contributed by atoms with E-state index in [9.17, 15) is 4.79 Å². The maximum Gasteiger partial charge on any atom is 0.412 e. The number of hydrogen-bond acceptors (Lipinski definition) is 7. The number of amides is 1. The number of rotatable bonds is 7. The van der Waals surface area contributed by atoms with E-state index in [1.165, 1.54) is 0 Å². The van der Waals surface area contributed by atoms with Crippen molar-refractivity contribution < 1.29 is 14.3 Å². The molecule has 6 N–H and O–H groups in total. The van der Waals surface area contributed by atoms with Crippen molar-refractivity contribution in [2.75, 3.05) is 41.9 Å². The zero-order valence-corrected chi connectivity index (χ0v) is 18.6. The molecule has 0 spiro atoms. The van der Waals surface area contributed by atoms with Crippen LogP contribution in [0.4, 0.5) is 27.8 Å². The van der Waals surface area contributed by atoms with Gasteiger partial charge in [-0.15, -0.1) is 24.8 Å². The number of nitrogen functional groups attached to an aromatic ring is 2. The molecular weight excluding hydrogens is 417 g/mol.